The van der Waals surface area contributed by atoms with E-state index in [1.807, 2.05) is 0 Å². The van der Waals surface area contributed by atoms with Gasteiger partial charge in [0.05, 0.1) is 5.52 Å². The minimum atomic E-state index is 0.888. The van der Waals surface area contributed by atoms with Crippen LogP contribution in [0, 0.1) is 5.92 Å². The van der Waals surface area contributed by atoms with Crippen LogP contribution < -0.4 is 5.32 Å². The van der Waals surface area contributed by atoms with E-state index in [2.05, 4.69) is 41.7 Å². The highest BCUT2D eigenvalue weighted by Gasteiger charge is 2.12. The van der Waals surface area contributed by atoms with Crippen molar-refractivity contribution < 1.29 is 0 Å². The summed E-state index contributed by atoms with van der Waals surface area (Å²) in [6, 6.07) is 12.7. The van der Waals surface area contributed by atoms with Gasteiger partial charge in [0.1, 0.15) is 0 Å². The predicted molar refractivity (Wildman–Crippen MR) is 75.7 cm³/mol. The van der Waals surface area contributed by atoms with Gasteiger partial charge in [0.2, 0.25) is 0 Å². The maximum absolute atomic E-state index is 4.74. The molecule has 0 radical (unpaired) electrons. The van der Waals surface area contributed by atoms with Gasteiger partial charge in [0, 0.05) is 11.1 Å². The third kappa shape index (κ3) is 2.70. The molecule has 1 fully saturated rings. The minimum absolute atomic E-state index is 0.888. The average molecular weight is 240 g/mol. The monoisotopic (exact) mass is 240 g/mol. The Hall–Kier alpha value is -1.41. The van der Waals surface area contributed by atoms with Crippen molar-refractivity contribution in [1.29, 1.82) is 0 Å². The van der Waals surface area contributed by atoms with Crippen molar-refractivity contribution in [2.24, 2.45) is 5.92 Å². The standard InChI is InChI=1S/C16H20N2/c1-2-4-16-14(3-1)6-8-15(18-16)7-5-13-9-11-17-12-10-13/h1-4,6,8,13,17H,5,7,9-12H2. The van der Waals surface area contributed by atoms with Gasteiger partial charge in [-0.15, -0.1) is 0 Å². The van der Waals surface area contributed by atoms with Crippen LogP contribution in [0.5, 0.6) is 0 Å². The molecule has 0 unspecified atom stereocenters. The van der Waals surface area contributed by atoms with Crippen LogP contribution in [0.25, 0.3) is 10.9 Å². The molecule has 94 valence electrons. The zero-order chi connectivity index (χ0) is 12.2. The summed E-state index contributed by atoms with van der Waals surface area (Å²) in [6.07, 6.45) is 5.06. The van der Waals surface area contributed by atoms with Gasteiger partial charge >= 0.3 is 0 Å². The lowest BCUT2D eigenvalue weighted by molar-refractivity contribution is 0.353. The maximum Gasteiger partial charge on any atom is 0.0705 e. The summed E-state index contributed by atoms with van der Waals surface area (Å²) < 4.78 is 0. The Labute approximate surface area is 108 Å². The maximum atomic E-state index is 4.74. The van der Waals surface area contributed by atoms with E-state index in [0.717, 1.165) is 17.9 Å². The largest absolute Gasteiger partial charge is 0.317 e. The minimum Gasteiger partial charge on any atom is -0.317 e. The smallest absolute Gasteiger partial charge is 0.0705 e. The molecule has 1 aromatic carbocycles. The number of nitrogens with one attached hydrogen (secondary N) is 1. The van der Waals surface area contributed by atoms with Crippen molar-refractivity contribution in [3.05, 3.63) is 42.1 Å². The highest BCUT2D eigenvalue weighted by atomic mass is 14.9. The van der Waals surface area contributed by atoms with Crippen LogP contribution in [0.15, 0.2) is 36.4 Å². The predicted octanol–water partition coefficient (Wildman–Crippen LogP) is 3.17. The third-order valence-corrected chi connectivity index (χ3v) is 3.92. The van der Waals surface area contributed by atoms with Crippen LogP contribution in [0.2, 0.25) is 0 Å². The number of aromatic nitrogens is 1. The molecule has 1 aliphatic heterocycles. The van der Waals surface area contributed by atoms with Crippen molar-refractivity contribution in [1.82, 2.24) is 10.3 Å². The number of piperidine rings is 1. The van der Waals surface area contributed by atoms with Crippen LogP contribution in [-0.4, -0.2) is 18.1 Å². The Bertz CT molecular complexity index is 515. The van der Waals surface area contributed by atoms with Crippen molar-refractivity contribution >= 4 is 10.9 Å². The highest BCUT2D eigenvalue weighted by molar-refractivity contribution is 5.78. The van der Waals surface area contributed by atoms with E-state index in [0.29, 0.717) is 0 Å². The van der Waals surface area contributed by atoms with Crippen LogP contribution in [0.3, 0.4) is 0 Å². The molecule has 2 aromatic rings. The SMILES string of the molecule is c1ccc2nc(CCC3CCNCC3)ccc2c1. The first-order valence-electron chi connectivity index (χ1n) is 6.97. The number of nitrogens with zero attached hydrogens (tertiary/aromatic N) is 1. The molecule has 2 nitrogen and oxygen atoms in total. The first kappa shape index (κ1) is 11.7. The van der Waals surface area contributed by atoms with E-state index < -0.39 is 0 Å². The van der Waals surface area contributed by atoms with E-state index in [-0.39, 0.29) is 0 Å². The normalized spacial score (nSPS) is 17.1. The zero-order valence-corrected chi connectivity index (χ0v) is 10.7. The summed E-state index contributed by atoms with van der Waals surface area (Å²) in [6.45, 7) is 2.38. The zero-order valence-electron chi connectivity index (χ0n) is 10.7. The van der Waals surface area contributed by atoms with E-state index in [4.69, 9.17) is 4.98 Å². The number of pyridine rings is 1. The first-order chi connectivity index (χ1) is 8.92. The molecular weight excluding hydrogens is 220 g/mol. The Morgan fingerprint density at radius 3 is 2.78 bits per heavy atom. The average Bonchev–Trinajstić information content (AvgIpc) is 2.46. The van der Waals surface area contributed by atoms with Gasteiger partial charge < -0.3 is 5.32 Å². The molecule has 0 amide bonds. The molecule has 0 bridgehead atoms. The number of aryl methyl sites for hydroxylation is 1. The van der Waals surface area contributed by atoms with Gasteiger partial charge in [-0.1, -0.05) is 24.3 Å². The molecule has 1 N–H and O–H groups in total. The van der Waals surface area contributed by atoms with E-state index >= 15 is 0 Å². The van der Waals surface area contributed by atoms with Crippen molar-refractivity contribution in [2.45, 2.75) is 25.7 Å². The van der Waals surface area contributed by atoms with Crippen molar-refractivity contribution in [3.8, 4) is 0 Å². The van der Waals surface area contributed by atoms with Gasteiger partial charge in [-0.25, -0.2) is 0 Å². The van der Waals surface area contributed by atoms with Gasteiger partial charge in [-0.3, -0.25) is 4.98 Å². The summed E-state index contributed by atoms with van der Waals surface area (Å²) >= 11 is 0. The molecule has 2 heteroatoms. The first-order valence-corrected chi connectivity index (χ1v) is 6.97. The molecule has 18 heavy (non-hydrogen) atoms. The molecule has 0 spiro atoms. The Morgan fingerprint density at radius 2 is 1.89 bits per heavy atom. The highest BCUT2D eigenvalue weighted by Crippen LogP contribution is 2.19. The lowest BCUT2D eigenvalue weighted by atomic mass is 9.92. The fraction of sp³-hybridized carbons (Fsp3) is 0.438. The summed E-state index contributed by atoms with van der Waals surface area (Å²) in [5, 5.41) is 4.66. The fourth-order valence-electron chi connectivity index (χ4n) is 2.77. The van der Waals surface area contributed by atoms with Crippen LogP contribution in [0.1, 0.15) is 25.0 Å². The number of fused-ring (bicyclic) bond motifs is 1. The van der Waals surface area contributed by atoms with Gasteiger partial charge in [-0.2, -0.15) is 0 Å². The number of para-hydroxylation sites is 1. The van der Waals surface area contributed by atoms with Gasteiger partial charge in [0.15, 0.2) is 0 Å². The molecule has 2 heterocycles. The number of hydrogen-bond acceptors (Lipinski definition) is 2. The van der Waals surface area contributed by atoms with Crippen LogP contribution in [-0.2, 0) is 6.42 Å². The molecular formula is C16H20N2. The lowest BCUT2D eigenvalue weighted by Crippen LogP contribution is -2.27. The number of benzene rings is 1. The molecule has 1 aliphatic rings. The summed E-state index contributed by atoms with van der Waals surface area (Å²) in [7, 11) is 0. The Morgan fingerprint density at radius 1 is 1.06 bits per heavy atom. The second-order valence-electron chi connectivity index (χ2n) is 5.23. The Kier molecular flexibility index (Phi) is 3.56. The lowest BCUT2D eigenvalue weighted by Gasteiger charge is -2.22. The van der Waals surface area contributed by atoms with Crippen LogP contribution >= 0.6 is 0 Å². The topological polar surface area (TPSA) is 24.9 Å². The van der Waals surface area contributed by atoms with E-state index in [9.17, 15) is 0 Å². The summed E-state index contributed by atoms with van der Waals surface area (Å²) in [5.41, 5.74) is 2.37. The quantitative estimate of drug-likeness (QED) is 0.891. The van der Waals surface area contributed by atoms with E-state index in [1.54, 1.807) is 0 Å². The van der Waals surface area contributed by atoms with Crippen LogP contribution in [0.4, 0.5) is 0 Å². The van der Waals surface area contributed by atoms with Crippen molar-refractivity contribution in [2.75, 3.05) is 13.1 Å². The molecule has 1 saturated heterocycles. The Balaban J connectivity index is 1.66. The summed E-state index contributed by atoms with van der Waals surface area (Å²) in [4.78, 5) is 4.74. The fourth-order valence-corrected chi connectivity index (χ4v) is 2.77. The molecule has 0 aliphatic carbocycles. The second-order valence-corrected chi connectivity index (χ2v) is 5.23. The number of hydrogen-bond donors (Lipinski definition) is 1. The summed E-state index contributed by atoms with van der Waals surface area (Å²) in [5.74, 6) is 0.888. The second kappa shape index (κ2) is 5.49. The number of rotatable bonds is 3. The molecule has 3 rings (SSSR count). The van der Waals surface area contributed by atoms with Gasteiger partial charge in [-0.05, 0) is 56.8 Å². The molecule has 0 atom stereocenters. The molecule has 0 saturated carbocycles. The van der Waals surface area contributed by atoms with Crippen molar-refractivity contribution in [3.63, 3.8) is 0 Å². The molecule has 1 aromatic heterocycles. The third-order valence-electron chi connectivity index (χ3n) is 3.92. The van der Waals surface area contributed by atoms with E-state index in [1.165, 1.54) is 43.4 Å². The van der Waals surface area contributed by atoms with Gasteiger partial charge in [0.25, 0.3) is 0 Å².